The summed E-state index contributed by atoms with van der Waals surface area (Å²) >= 11 is 0. The highest BCUT2D eigenvalue weighted by molar-refractivity contribution is 14.0. The van der Waals surface area contributed by atoms with Crippen LogP contribution in [0.25, 0.3) is 11.4 Å². The number of H-pyrrole nitrogens is 1. The lowest BCUT2D eigenvalue weighted by atomic mass is 10.1. The van der Waals surface area contributed by atoms with Gasteiger partial charge in [0.15, 0.2) is 11.8 Å². The Hall–Kier alpha value is -1.72. The fourth-order valence-electron chi connectivity index (χ4n) is 2.39. The van der Waals surface area contributed by atoms with Gasteiger partial charge in [0.25, 0.3) is 0 Å². The zero-order valence-corrected chi connectivity index (χ0v) is 18.9. The molecule has 8 nitrogen and oxygen atoms in total. The fourth-order valence-corrected chi connectivity index (χ4v) is 2.39. The maximum atomic E-state index is 5.54. The van der Waals surface area contributed by atoms with E-state index < -0.39 is 0 Å². The van der Waals surface area contributed by atoms with Crippen molar-refractivity contribution < 1.29 is 9.47 Å². The van der Waals surface area contributed by atoms with Crippen LogP contribution in [0.2, 0.25) is 0 Å². The molecule has 0 radical (unpaired) electrons. The summed E-state index contributed by atoms with van der Waals surface area (Å²) in [4.78, 5) is 8.41. The Labute approximate surface area is 183 Å². The van der Waals surface area contributed by atoms with Gasteiger partial charge in [0.2, 0.25) is 0 Å². The summed E-state index contributed by atoms with van der Waals surface area (Å²) in [5, 5.41) is 13.3. The minimum Gasteiger partial charge on any atom is -0.379 e. The predicted octanol–water partition coefficient (Wildman–Crippen LogP) is 2.59. The molecule has 0 aliphatic heterocycles. The van der Waals surface area contributed by atoms with Gasteiger partial charge >= 0.3 is 0 Å². The number of hydrogen-bond donors (Lipinski definition) is 3. The molecule has 1 heterocycles. The van der Waals surface area contributed by atoms with Gasteiger partial charge in [0.05, 0.1) is 19.8 Å². The van der Waals surface area contributed by atoms with Crippen LogP contribution in [0, 0.1) is 0 Å². The zero-order valence-electron chi connectivity index (χ0n) is 16.6. The van der Waals surface area contributed by atoms with Gasteiger partial charge in [-0.25, -0.2) is 4.98 Å². The molecule has 156 valence electrons. The van der Waals surface area contributed by atoms with Crippen molar-refractivity contribution in [2.75, 3.05) is 40.0 Å². The molecule has 0 bridgehead atoms. The molecular weight excluding hydrogens is 471 g/mol. The fraction of sp³-hybridized carbons (Fsp3) is 0.526. The zero-order chi connectivity index (χ0) is 19.2. The number of ether oxygens (including phenoxy) is 2. The molecule has 28 heavy (non-hydrogen) atoms. The van der Waals surface area contributed by atoms with Crippen LogP contribution in [0.1, 0.15) is 25.3 Å². The molecule has 0 atom stereocenters. The van der Waals surface area contributed by atoms with E-state index in [2.05, 4.69) is 49.9 Å². The van der Waals surface area contributed by atoms with E-state index >= 15 is 0 Å². The first kappa shape index (κ1) is 24.3. The van der Waals surface area contributed by atoms with E-state index in [1.807, 2.05) is 12.1 Å². The van der Waals surface area contributed by atoms with Crippen LogP contribution in [0.5, 0.6) is 0 Å². The molecule has 1 aromatic heterocycles. The molecule has 2 rings (SSSR count). The van der Waals surface area contributed by atoms with Crippen molar-refractivity contribution in [2.45, 2.75) is 26.3 Å². The van der Waals surface area contributed by atoms with Crippen LogP contribution in [-0.4, -0.2) is 61.2 Å². The molecule has 1 aromatic carbocycles. The highest BCUT2D eigenvalue weighted by Crippen LogP contribution is 2.15. The quantitative estimate of drug-likeness (QED) is 0.179. The van der Waals surface area contributed by atoms with E-state index in [-0.39, 0.29) is 24.0 Å². The number of nitrogens with one attached hydrogen (secondary N) is 3. The summed E-state index contributed by atoms with van der Waals surface area (Å²) in [6, 6.07) is 8.13. The molecule has 0 aliphatic rings. The lowest BCUT2D eigenvalue weighted by Crippen LogP contribution is -2.38. The number of halogens is 1. The SMILES string of the molecule is CCCCOCCOCCNC(=NC)NCc1cccc(-c2ncn[nH]2)c1.I. The Bertz CT molecular complexity index is 666. The monoisotopic (exact) mass is 502 g/mol. The highest BCUT2D eigenvalue weighted by Gasteiger charge is 2.03. The minimum absolute atomic E-state index is 0. The Morgan fingerprint density at radius 3 is 2.68 bits per heavy atom. The third-order valence-corrected chi connectivity index (χ3v) is 3.85. The first-order chi connectivity index (χ1) is 13.3. The van der Waals surface area contributed by atoms with Gasteiger partial charge in [0.1, 0.15) is 6.33 Å². The maximum absolute atomic E-state index is 5.54. The number of guanidine groups is 1. The first-order valence-corrected chi connectivity index (χ1v) is 9.38. The van der Waals surface area contributed by atoms with E-state index in [4.69, 9.17) is 9.47 Å². The molecular formula is C19H31IN6O2. The Morgan fingerprint density at radius 1 is 1.14 bits per heavy atom. The topological polar surface area (TPSA) is 96.5 Å². The van der Waals surface area contributed by atoms with E-state index in [9.17, 15) is 0 Å². The molecule has 9 heteroatoms. The van der Waals surface area contributed by atoms with Crippen molar-refractivity contribution in [1.29, 1.82) is 0 Å². The van der Waals surface area contributed by atoms with Crippen molar-refractivity contribution >= 4 is 29.9 Å². The Balaban J connectivity index is 0.00000392. The van der Waals surface area contributed by atoms with Crippen molar-refractivity contribution in [3.8, 4) is 11.4 Å². The number of aromatic amines is 1. The summed E-state index contributed by atoms with van der Waals surface area (Å²) in [7, 11) is 1.75. The number of nitrogens with zero attached hydrogens (tertiary/aromatic N) is 3. The third kappa shape index (κ3) is 9.47. The van der Waals surface area contributed by atoms with Crippen molar-refractivity contribution in [2.24, 2.45) is 4.99 Å². The van der Waals surface area contributed by atoms with Crippen molar-refractivity contribution in [3.63, 3.8) is 0 Å². The number of aromatic nitrogens is 3. The first-order valence-electron chi connectivity index (χ1n) is 9.38. The van der Waals surface area contributed by atoms with Crippen molar-refractivity contribution in [1.82, 2.24) is 25.8 Å². The number of rotatable bonds is 12. The summed E-state index contributed by atoms with van der Waals surface area (Å²) in [6.07, 6.45) is 3.76. The number of unbranched alkanes of at least 4 members (excludes halogenated alkanes) is 1. The molecule has 0 saturated heterocycles. The highest BCUT2D eigenvalue weighted by atomic mass is 127. The second kappa shape index (κ2) is 15.2. The van der Waals surface area contributed by atoms with Crippen LogP contribution >= 0.6 is 24.0 Å². The molecule has 2 aromatic rings. The number of benzene rings is 1. The predicted molar refractivity (Wildman–Crippen MR) is 122 cm³/mol. The van der Waals surface area contributed by atoms with E-state index in [0.29, 0.717) is 32.9 Å². The summed E-state index contributed by atoms with van der Waals surface area (Å²) in [6.45, 7) is 6.19. The molecule has 3 N–H and O–H groups in total. The summed E-state index contributed by atoms with van der Waals surface area (Å²) < 4.78 is 11.0. The average molecular weight is 502 g/mol. The summed E-state index contributed by atoms with van der Waals surface area (Å²) in [5.41, 5.74) is 2.14. The average Bonchev–Trinajstić information content (AvgIpc) is 3.24. The van der Waals surface area contributed by atoms with E-state index in [1.54, 1.807) is 7.05 Å². The van der Waals surface area contributed by atoms with Gasteiger partial charge in [-0.15, -0.1) is 24.0 Å². The molecule has 0 amide bonds. The Kier molecular flexibility index (Phi) is 13.2. The second-order valence-electron chi connectivity index (χ2n) is 5.97. The van der Waals surface area contributed by atoms with Crippen molar-refractivity contribution in [3.05, 3.63) is 36.2 Å². The standard InChI is InChI=1S/C19H30N6O2.HI/c1-3-4-9-26-11-12-27-10-8-21-19(20-2)22-14-16-6-5-7-17(13-16)18-23-15-24-25-18;/h5-7,13,15H,3-4,8-12,14H2,1-2H3,(H2,20,21,22)(H,23,24,25);1H. The second-order valence-corrected chi connectivity index (χ2v) is 5.97. The van der Waals surface area contributed by atoms with Gasteiger partial charge in [0, 0.05) is 32.3 Å². The molecule has 0 aliphatic carbocycles. The lowest BCUT2D eigenvalue weighted by molar-refractivity contribution is 0.0487. The number of aliphatic imine (C=N–C) groups is 1. The van der Waals surface area contributed by atoms with Gasteiger partial charge in [-0.3, -0.25) is 10.1 Å². The lowest BCUT2D eigenvalue weighted by Gasteiger charge is -2.12. The third-order valence-electron chi connectivity index (χ3n) is 3.85. The number of hydrogen-bond acceptors (Lipinski definition) is 5. The van der Waals surface area contributed by atoms with Gasteiger partial charge in [-0.1, -0.05) is 31.5 Å². The van der Waals surface area contributed by atoms with Gasteiger partial charge < -0.3 is 20.1 Å². The van der Waals surface area contributed by atoms with Gasteiger partial charge in [-0.2, -0.15) is 5.10 Å². The Morgan fingerprint density at radius 2 is 1.96 bits per heavy atom. The maximum Gasteiger partial charge on any atom is 0.191 e. The molecule has 0 spiro atoms. The molecule has 0 fully saturated rings. The van der Waals surface area contributed by atoms with Crippen LogP contribution < -0.4 is 10.6 Å². The van der Waals surface area contributed by atoms with Gasteiger partial charge in [-0.05, 0) is 18.1 Å². The van der Waals surface area contributed by atoms with Crippen LogP contribution in [0.4, 0.5) is 0 Å². The molecule has 0 saturated carbocycles. The van der Waals surface area contributed by atoms with Crippen LogP contribution in [0.15, 0.2) is 35.6 Å². The van der Waals surface area contributed by atoms with Crippen LogP contribution in [-0.2, 0) is 16.0 Å². The largest absolute Gasteiger partial charge is 0.379 e. The van der Waals surface area contributed by atoms with Crippen LogP contribution in [0.3, 0.4) is 0 Å². The molecule has 0 unspecified atom stereocenters. The van der Waals surface area contributed by atoms with E-state index in [1.165, 1.54) is 6.33 Å². The van der Waals surface area contributed by atoms with E-state index in [0.717, 1.165) is 42.4 Å². The summed E-state index contributed by atoms with van der Waals surface area (Å²) in [5.74, 6) is 1.50. The smallest absolute Gasteiger partial charge is 0.191 e. The minimum atomic E-state index is 0. The normalized spacial score (nSPS) is 11.1.